The van der Waals surface area contributed by atoms with Crippen molar-refractivity contribution < 1.29 is 63.1 Å². The summed E-state index contributed by atoms with van der Waals surface area (Å²) >= 11 is 0. The van der Waals surface area contributed by atoms with Crippen LogP contribution in [0.4, 0.5) is 4.39 Å². The molecule has 3 aromatic rings. The molecule has 74 heavy (non-hydrogen) atoms. The highest BCUT2D eigenvalue weighted by Crippen LogP contribution is 2.45. The third kappa shape index (κ3) is 13.0. The zero-order valence-corrected chi connectivity index (χ0v) is 46.1. The summed E-state index contributed by atoms with van der Waals surface area (Å²) < 4.78 is 56.0. The Morgan fingerprint density at radius 3 is 2.28 bits per heavy atom. The summed E-state index contributed by atoms with van der Waals surface area (Å²) in [7, 11) is 6.79. The van der Waals surface area contributed by atoms with Crippen molar-refractivity contribution in [3.05, 3.63) is 54.4 Å². The van der Waals surface area contributed by atoms with Crippen LogP contribution in [-0.2, 0) is 39.6 Å². The maximum atomic E-state index is 14.9. The molecule has 0 aliphatic carbocycles. The Balaban J connectivity index is 1.27. The van der Waals surface area contributed by atoms with E-state index < -0.39 is 127 Å². The maximum absolute atomic E-state index is 14.9. The van der Waals surface area contributed by atoms with Crippen LogP contribution in [-0.4, -0.2) is 203 Å². The Bertz CT molecular complexity index is 2210. The molecule has 5 heterocycles. The number of hydrogen-bond acceptors (Lipinski definition) is 18. The Hall–Kier alpha value is -3.58. The predicted molar refractivity (Wildman–Crippen MR) is 272 cm³/mol. The number of aliphatic hydroxyl groups excluding tert-OH is 3. The topological polar surface area (TPSA) is 241 Å². The Morgan fingerprint density at radius 2 is 1.68 bits per heavy atom. The van der Waals surface area contributed by atoms with Crippen molar-refractivity contribution >= 4 is 5.97 Å². The number of rotatable bonds is 15. The number of nitrogens with zero attached hydrogens (tertiary/aromatic N) is 8. The van der Waals surface area contributed by atoms with Gasteiger partial charge in [-0.15, -0.1) is 5.10 Å². The zero-order valence-electron chi connectivity index (χ0n) is 46.1. The van der Waals surface area contributed by atoms with Crippen molar-refractivity contribution in [2.45, 2.75) is 197 Å². The largest absolute Gasteiger partial charge is 0.459 e. The second-order valence-corrected chi connectivity index (χ2v) is 22.5. The number of hydrogen-bond donors (Lipinski definition) is 5. The van der Waals surface area contributed by atoms with E-state index in [9.17, 15) is 34.7 Å². The molecule has 1 unspecified atom stereocenters. The van der Waals surface area contributed by atoms with Gasteiger partial charge < -0.3 is 63.8 Å². The summed E-state index contributed by atoms with van der Waals surface area (Å²) in [6.45, 7) is 17.9. The van der Waals surface area contributed by atoms with Gasteiger partial charge in [0.1, 0.15) is 61.5 Å². The van der Waals surface area contributed by atoms with Gasteiger partial charge in [-0.1, -0.05) is 45.0 Å². The van der Waals surface area contributed by atoms with Crippen molar-refractivity contribution in [3.8, 4) is 5.69 Å². The SMILES string of the molecule is CC[C@H]1OC(=O)[C@H](C)[C@@H](C2C[C@@](C)(OC)[C@@H](O)[C@H](C)O2)[C@H](C)[C@@H](O[C@@H]2O[C@H](C)C[C@H](N(C)CCc3cn([C@H](CF)[C@H](OC)c4ccc(-n5cncn5)cc4)nn3)[C@H]2O)[C@](C)(O)C[C@@H](C)CN(C)[C@H](C)[C@@H](O)[C@]1(C)O. The normalized spacial score (nSPS) is 39.3. The van der Waals surface area contributed by atoms with E-state index >= 15 is 0 Å². The highest BCUT2D eigenvalue weighted by molar-refractivity contribution is 5.73. The molecule has 6 rings (SSSR count). The standard InChI is InChI=1S/C53H87FN8O12/c1-15-42-53(10,68)46(64)34(6)60(12)26-30(2)23-51(8,67)48(32(4)43(33(5)49(66)73-42)41-24-52(9,70-14)47(65)35(7)72-41)74-50-44(63)39(22-31(3)71-50)59(11)21-20-37-27-61(58-57-37)40(25-54)45(69-13)36-16-18-38(19-17-36)62-29-55-28-56-62/h16-19,27-35,39-48,50,63-65,67-68H,15,20-26H2,1-14H3/t30-,31-,32+,33-,34-,35+,39+,40-,41?,42-,43+,44-,45-,46-,47+,48-,50+,51-,52-,53-/m1/s1. The van der Waals surface area contributed by atoms with Gasteiger partial charge in [0.15, 0.2) is 6.29 Å². The molecule has 3 fully saturated rings. The first kappa shape index (κ1) is 59.7. The van der Waals surface area contributed by atoms with E-state index in [4.69, 9.17) is 28.4 Å². The number of halogens is 1. The third-order valence-electron chi connectivity index (χ3n) is 16.7. The molecule has 20 atom stereocenters. The number of alkyl halides is 1. The molecular weight excluding hydrogens is 960 g/mol. The fourth-order valence-corrected chi connectivity index (χ4v) is 12.2. The number of carbonyl (C=O) groups is 1. The van der Waals surface area contributed by atoms with Crippen LogP contribution in [0.25, 0.3) is 5.69 Å². The van der Waals surface area contributed by atoms with Gasteiger partial charge in [0.05, 0.1) is 52.9 Å². The molecule has 20 nitrogen and oxygen atoms in total. The molecule has 0 radical (unpaired) electrons. The van der Waals surface area contributed by atoms with Crippen LogP contribution in [0.2, 0.25) is 0 Å². The van der Waals surface area contributed by atoms with Crippen LogP contribution in [0.15, 0.2) is 43.1 Å². The van der Waals surface area contributed by atoms with Gasteiger partial charge in [0.2, 0.25) is 0 Å². The lowest BCUT2D eigenvalue weighted by Gasteiger charge is -2.51. The highest BCUT2D eigenvalue weighted by atomic mass is 19.1. The van der Waals surface area contributed by atoms with Gasteiger partial charge >= 0.3 is 5.97 Å². The molecule has 5 N–H and O–H groups in total. The summed E-state index contributed by atoms with van der Waals surface area (Å²) in [5.41, 5.74) is -2.37. The van der Waals surface area contributed by atoms with Crippen LogP contribution in [0.3, 0.4) is 0 Å². The molecule has 0 bridgehead atoms. The second kappa shape index (κ2) is 24.8. The summed E-state index contributed by atoms with van der Waals surface area (Å²) in [5.74, 6) is -3.26. The van der Waals surface area contributed by atoms with Gasteiger partial charge in [-0.25, -0.2) is 18.7 Å². The minimum Gasteiger partial charge on any atom is -0.459 e. The third-order valence-corrected chi connectivity index (χ3v) is 16.7. The van der Waals surface area contributed by atoms with Crippen LogP contribution < -0.4 is 0 Å². The molecule has 1 aromatic carbocycles. The van der Waals surface area contributed by atoms with E-state index in [2.05, 4.69) is 20.4 Å². The van der Waals surface area contributed by atoms with Gasteiger partial charge in [0.25, 0.3) is 0 Å². The number of cyclic esters (lactones) is 1. The van der Waals surface area contributed by atoms with E-state index in [1.54, 1.807) is 58.7 Å². The molecule has 418 valence electrons. The first-order valence-corrected chi connectivity index (χ1v) is 26.4. The maximum Gasteiger partial charge on any atom is 0.309 e. The van der Waals surface area contributed by atoms with E-state index in [0.717, 1.165) is 11.3 Å². The number of esters is 1. The Kier molecular flexibility index (Phi) is 20.0. The zero-order chi connectivity index (χ0) is 54.6. The lowest BCUT2D eigenvalue weighted by molar-refractivity contribution is -0.302. The van der Waals surface area contributed by atoms with Gasteiger partial charge in [-0.05, 0) is 104 Å². The lowest BCUT2D eigenvalue weighted by Crippen LogP contribution is -2.62. The number of methoxy groups -OCH3 is 2. The molecule has 3 aliphatic heterocycles. The number of likely N-dealkylation sites (N-methyl/N-ethyl adjacent to an activating group) is 2. The Morgan fingerprint density at radius 1 is 0.986 bits per heavy atom. The second-order valence-electron chi connectivity index (χ2n) is 22.5. The van der Waals surface area contributed by atoms with Crippen molar-refractivity contribution in [1.82, 2.24) is 39.6 Å². The molecule has 0 amide bonds. The number of carbonyl (C=O) groups excluding carboxylic acids is 1. The van der Waals surface area contributed by atoms with E-state index in [1.165, 1.54) is 32.2 Å². The minimum absolute atomic E-state index is 0.171. The van der Waals surface area contributed by atoms with Crippen molar-refractivity contribution in [3.63, 3.8) is 0 Å². The van der Waals surface area contributed by atoms with Crippen LogP contribution in [0.1, 0.15) is 118 Å². The quantitative estimate of drug-likeness (QED) is 0.136. The van der Waals surface area contributed by atoms with Gasteiger partial charge in [-0.2, -0.15) is 5.10 Å². The fraction of sp³-hybridized carbons (Fsp3) is 0.792. The monoisotopic (exact) mass is 1050 g/mol. The Labute approximate surface area is 436 Å². The van der Waals surface area contributed by atoms with E-state index in [-0.39, 0.29) is 25.2 Å². The van der Waals surface area contributed by atoms with Crippen LogP contribution in [0, 0.1) is 23.7 Å². The van der Waals surface area contributed by atoms with Crippen molar-refractivity contribution in [2.75, 3.05) is 48.1 Å². The molecule has 21 heteroatoms. The lowest BCUT2D eigenvalue weighted by atomic mass is 9.68. The fourth-order valence-electron chi connectivity index (χ4n) is 12.2. The summed E-state index contributed by atoms with van der Waals surface area (Å²) in [4.78, 5) is 22.6. The minimum atomic E-state index is -1.83. The van der Waals surface area contributed by atoms with Crippen LogP contribution >= 0.6 is 0 Å². The van der Waals surface area contributed by atoms with E-state index in [0.29, 0.717) is 31.6 Å². The summed E-state index contributed by atoms with van der Waals surface area (Å²) in [6.07, 6.45) is -3.25. The average molecular weight is 1050 g/mol. The number of aromatic nitrogens is 6. The number of aliphatic hydroxyl groups is 5. The molecule has 3 saturated heterocycles. The summed E-state index contributed by atoms with van der Waals surface area (Å²) in [5, 5.41) is 73.1. The molecule has 0 saturated carbocycles. The first-order chi connectivity index (χ1) is 34.8. The van der Waals surface area contributed by atoms with E-state index in [1.807, 2.05) is 68.9 Å². The molecular formula is C53H87FN8O12. The van der Waals surface area contributed by atoms with Gasteiger partial charge in [-0.3, -0.25) is 4.79 Å². The predicted octanol–water partition coefficient (Wildman–Crippen LogP) is 3.86. The van der Waals surface area contributed by atoms with Crippen LogP contribution in [0.5, 0.6) is 0 Å². The first-order valence-electron chi connectivity index (χ1n) is 26.4. The highest BCUT2D eigenvalue weighted by Gasteiger charge is 2.55. The smallest absolute Gasteiger partial charge is 0.309 e. The number of benzene rings is 1. The molecule has 3 aliphatic rings. The van der Waals surface area contributed by atoms with Crippen molar-refractivity contribution in [1.29, 1.82) is 0 Å². The summed E-state index contributed by atoms with van der Waals surface area (Å²) in [6, 6.07) is 5.57. The molecule has 0 spiro atoms. The van der Waals surface area contributed by atoms with Gasteiger partial charge in [0, 0.05) is 64.3 Å². The number of ether oxygens (including phenoxy) is 6. The van der Waals surface area contributed by atoms with Crippen molar-refractivity contribution in [2.24, 2.45) is 23.7 Å². The average Bonchev–Trinajstić information content (AvgIpc) is 4.08. The molecule has 2 aromatic heterocycles.